The van der Waals surface area contributed by atoms with Gasteiger partial charge in [0.1, 0.15) is 5.75 Å². The van der Waals surface area contributed by atoms with Crippen LogP contribution in [0.2, 0.25) is 0 Å². The first-order valence-corrected chi connectivity index (χ1v) is 7.63. The van der Waals surface area contributed by atoms with Gasteiger partial charge in [-0.25, -0.2) is 0 Å². The molecule has 2 aromatic rings. The van der Waals surface area contributed by atoms with Crippen molar-refractivity contribution in [3.8, 4) is 5.75 Å². The molecule has 1 aliphatic rings. The zero-order valence-electron chi connectivity index (χ0n) is 13.0. The summed E-state index contributed by atoms with van der Waals surface area (Å²) in [7, 11) is 1.75. The standard InChI is InChI=1S/C19H23NO/c1-13-8-14(2)10-16(9-13)20-17-11-15(12-17)18-6-4-5-7-19(18)21-3/h4-10,15,17,20H,11-12H2,1-3H3. The first-order chi connectivity index (χ1) is 10.2. The van der Waals surface area contributed by atoms with Gasteiger partial charge in [0.15, 0.2) is 0 Å². The third-order valence-corrected chi connectivity index (χ3v) is 4.31. The fraction of sp³-hybridized carbons (Fsp3) is 0.368. The van der Waals surface area contributed by atoms with Crippen LogP contribution < -0.4 is 10.1 Å². The average Bonchev–Trinajstić information content (AvgIpc) is 2.41. The number of hydrogen-bond donors (Lipinski definition) is 1. The van der Waals surface area contributed by atoms with Gasteiger partial charge in [-0.1, -0.05) is 24.3 Å². The van der Waals surface area contributed by atoms with E-state index in [4.69, 9.17) is 4.74 Å². The molecule has 0 heterocycles. The van der Waals surface area contributed by atoms with Crippen molar-refractivity contribution in [2.45, 2.75) is 38.6 Å². The maximum Gasteiger partial charge on any atom is 0.122 e. The fourth-order valence-corrected chi connectivity index (χ4v) is 3.29. The van der Waals surface area contributed by atoms with Gasteiger partial charge >= 0.3 is 0 Å². The van der Waals surface area contributed by atoms with Gasteiger partial charge in [0.25, 0.3) is 0 Å². The molecule has 0 unspecified atom stereocenters. The summed E-state index contributed by atoms with van der Waals surface area (Å²) in [6.45, 7) is 4.30. The van der Waals surface area contributed by atoms with Crippen LogP contribution in [0.3, 0.4) is 0 Å². The molecule has 1 aliphatic carbocycles. The van der Waals surface area contributed by atoms with E-state index >= 15 is 0 Å². The predicted octanol–water partition coefficient (Wildman–Crippen LogP) is 4.67. The first kappa shape index (κ1) is 14.0. The Morgan fingerprint density at radius 1 is 1.00 bits per heavy atom. The van der Waals surface area contributed by atoms with Crippen LogP contribution in [-0.2, 0) is 0 Å². The SMILES string of the molecule is COc1ccccc1C1CC(Nc2cc(C)cc(C)c2)C1. The van der Waals surface area contributed by atoms with Crippen molar-refractivity contribution in [2.75, 3.05) is 12.4 Å². The third-order valence-electron chi connectivity index (χ3n) is 4.31. The molecule has 2 aromatic carbocycles. The van der Waals surface area contributed by atoms with E-state index in [2.05, 4.69) is 55.6 Å². The van der Waals surface area contributed by atoms with Crippen LogP contribution in [0, 0.1) is 13.8 Å². The number of aryl methyl sites for hydroxylation is 2. The van der Waals surface area contributed by atoms with Crippen LogP contribution in [0.4, 0.5) is 5.69 Å². The number of para-hydroxylation sites is 1. The number of anilines is 1. The van der Waals surface area contributed by atoms with E-state index in [0.717, 1.165) is 5.75 Å². The van der Waals surface area contributed by atoms with Crippen molar-refractivity contribution in [1.82, 2.24) is 0 Å². The maximum atomic E-state index is 5.47. The van der Waals surface area contributed by atoms with Gasteiger partial charge in [-0.2, -0.15) is 0 Å². The second kappa shape index (κ2) is 5.80. The molecule has 0 aromatic heterocycles. The Morgan fingerprint density at radius 2 is 1.67 bits per heavy atom. The molecule has 3 rings (SSSR count). The summed E-state index contributed by atoms with van der Waals surface area (Å²) in [6.07, 6.45) is 2.35. The minimum atomic E-state index is 0.570. The van der Waals surface area contributed by atoms with E-state index in [0.29, 0.717) is 12.0 Å². The lowest BCUT2D eigenvalue weighted by Crippen LogP contribution is -2.34. The number of benzene rings is 2. The Kier molecular flexibility index (Phi) is 3.87. The highest BCUT2D eigenvalue weighted by Crippen LogP contribution is 2.42. The van der Waals surface area contributed by atoms with Crippen molar-refractivity contribution >= 4 is 5.69 Å². The summed E-state index contributed by atoms with van der Waals surface area (Å²) in [6, 6.07) is 15.6. The zero-order valence-corrected chi connectivity index (χ0v) is 13.0. The van der Waals surface area contributed by atoms with Gasteiger partial charge in [0.05, 0.1) is 7.11 Å². The molecule has 110 valence electrons. The Morgan fingerprint density at radius 3 is 2.33 bits per heavy atom. The Bertz CT molecular complexity index is 609. The van der Waals surface area contributed by atoms with Gasteiger partial charge in [-0.05, 0) is 67.5 Å². The molecule has 1 N–H and O–H groups in total. The Hall–Kier alpha value is -1.96. The lowest BCUT2D eigenvalue weighted by Gasteiger charge is -2.37. The highest BCUT2D eigenvalue weighted by Gasteiger charge is 2.31. The van der Waals surface area contributed by atoms with E-state index in [-0.39, 0.29) is 0 Å². The fourth-order valence-electron chi connectivity index (χ4n) is 3.29. The Balaban J connectivity index is 1.63. The van der Waals surface area contributed by atoms with Crippen LogP contribution in [0.25, 0.3) is 0 Å². The Labute approximate surface area is 127 Å². The molecule has 0 aliphatic heterocycles. The maximum absolute atomic E-state index is 5.47. The number of rotatable bonds is 4. The van der Waals surface area contributed by atoms with Gasteiger partial charge in [-0.3, -0.25) is 0 Å². The molecular formula is C19H23NO. The molecule has 0 amide bonds. The summed E-state index contributed by atoms with van der Waals surface area (Å²) >= 11 is 0. The molecule has 0 atom stereocenters. The number of nitrogens with one attached hydrogen (secondary N) is 1. The van der Waals surface area contributed by atoms with Crippen molar-refractivity contribution < 1.29 is 4.74 Å². The van der Waals surface area contributed by atoms with Crippen LogP contribution in [0.5, 0.6) is 5.75 Å². The van der Waals surface area contributed by atoms with Crippen molar-refractivity contribution in [2.24, 2.45) is 0 Å². The highest BCUT2D eigenvalue weighted by atomic mass is 16.5. The summed E-state index contributed by atoms with van der Waals surface area (Å²) in [5.41, 5.74) is 5.23. The molecule has 2 nitrogen and oxygen atoms in total. The van der Waals surface area contributed by atoms with Gasteiger partial charge in [-0.15, -0.1) is 0 Å². The lowest BCUT2D eigenvalue weighted by molar-refractivity contribution is 0.350. The number of methoxy groups -OCH3 is 1. The quantitative estimate of drug-likeness (QED) is 0.879. The van der Waals surface area contributed by atoms with Gasteiger partial charge in [0, 0.05) is 11.7 Å². The minimum Gasteiger partial charge on any atom is -0.496 e. The molecule has 0 saturated heterocycles. The molecule has 1 fully saturated rings. The molecule has 2 heteroatoms. The lowest BCUT2D eigenvalue weighted by atomic mass is 9.75. The summed E-state index contributed by atoms with van der Waals surface area (Å²) in [5.74, 6) is 1.64. The van der Waals surface area contributed by atoms with Crippen molar-refractivity contribution in [3.63, 3.8) is 0 Å². The van der Waals surface area contributed by atoms with E-state index in [9.17, 15) is 0 Å². The minimum absolute atomic E-state index is 0.570. The number of hydrogen-bond acceptors (Lipinski definition) is 2. The predicted molar refractivity (Wildman–Crippen MR) is 88.3 cm³/mol. The molecule has 1 saturated carbocycles. The average molecular weight is 281 g/mol. The third kappa shape index (κ3) is 3.05. The molecule has 21 heavy (non-hydrogen) atoms. The molecule has 0 radical (unpaired) electrons. The molecule has 0 spiro atoms. The van der Waals surface area contributed by atoms with Gasteiger partial charge < -0.3 is 10.1 Å². The monoisotopic (exact) mass is 281 g/mol. The van der Waals surface area contributed by atoms with Crippen LogP contribution >= 0.6 is 0 Å². The highest BCUT2D eigenvalue weighted by molar-refractivity contribution is 5.50. The van der Waals surface area contributed by atoms with E-state index in [1.54, 1.807) is 7.11 Å². The summed E-state index contributed by atoms with van der Waals surface area (Å²) in [4.78, 5) is 0. The van der Waals surface area contributed by atoms with Crippen LogP contribution in [0.15, 0.2) is 42.5 Å². The van der Waals surface area contributed by atoms with Crippen LogP contribution in [0.1, 0.15) is 35.4 Å². The summed E-state index contributed by atoms with van der Waals surface area (Å²) in [5, 5.41) is 3.66. The van der Waals surface area contributed by atoms with Crippen molar-refractivity contribution in [3.05, 3.63) is 59.2 Å². The zero-order chi connectivity index (χ0) is 14.8. The van der Waals surface area contributed by atoms with E-state index < -0.39 is 0 Å². The second-order valence-electron chi connectivity index (χ2n) is 6.13. The second-order valence-corrected chi connectivity index (χ2v) is 6.13. The first-order valence-electron chi connectivity index (χ1n) is 7.63. The van der Waals surface area contributed by atoms with Crippen LogP contribution in [-0.4, -0.2) is 13.2 Å². The topological polar surface area (TPSA) is 21.3 Å². The smallest absolute Gasteiger partial charge is 0.122 e. The normalized spacial score (nSPS) is 20.7. The number of ether oxygens (including phenoxy) is 1. The van der Waals surface area contributed by atoms with E-state index in [1.165, 1.54) is 35.2 Å². The summed E-state index contributed by atoms with van der Waals surface area (Å²) < 4.78 is 5.47. The molecular weight excluding hydrogens is 258 g/mol. The van der Waals surface area contributed by atoms with Gasteiger partial charge in [0.2, 0.25) is 0 Å². The molecule has 0 bridgehead atoms. The van der Waals surface area contributed by atoms with E-state index in [1.807, 2.05) is 6.07 Å². The van der Waals surface area contributed by atoms with Crippen molar-refractivity contribution in [1.29, 1.82) is 0 Å². The largest absolute Gasteiger partial charge is 0.496 e.